The van der Waals surface area contributed by atoms with Crippen LogP contribution in [0.4, 0.5) is 0 Å². The third-order valence-electron chi connectivity index (χ3n) is 5.72. The molecule has 1 aromatic carbocycles. The zero-order chi connectivity index (χ0) is 24.0. The number of carbonyl (C=O) groups excluding carboxylic acids is 3. The number of hydrogen-bond acceptors (Lipinski definition) is 8. The highest BCUT2D eigenvalue weighted by Crippen LogP contribution is 2.25. The van der Waals surface area contributed by atoms with Crippen LogP contribution in [0.1, 0.15) is 37.0 Å². The van der Waals surface area contributed by atoms with Crippen LogP contribution in [0, 0.1) is 5.92 Å². The zero-order valence-corrected chi connectivity index (χ0v) is 19.7. The summed E-state index contributed by atoms with van der Waals surface area (Å²) < 4.78 is 42.7. The van der Waals surface area contributed by atoms with E-state index in [1.807, 2.05) is 6.92 Å². The van der Waals surface area contributed by atoms with E-state index in [0.29, 0.717) is 32.5 Å². The third kappa shape index (κ3) is 6.30. The van der Waals surface area contributed by atoms with E-state index in [2.05, 4.69) is 0 Å². The van der Waals surface area contributed by atoms with E-state index in [4.69, 9.17) is 14.2 Å². The van der Waals surface area contributed by atoms with Crippen LogP contribution in [0.2, 0.25) is 0 Å². The highest BCUT2D eigenvalue weighted by atomic mass is 32.2. The molecule has 2 aliphatic rings. The van der Waals surface area contributed by atoms with E-state index in [-0.39, 0.29) is 48.8 Å². The van der Waals surface area contributed by atoms with Crippen LogP contribution in [-0.4, -0.2) is 87.6 Å². The quantitative estimate of drug-likeness (QED) is 0.529. The van der Waals surface area contributed by atoms with Gasteiger partial charge in [0.15, 0.2) is 6.61 Å². The number of piperidine rings is 1. The van der Waals surface area contributed by atoms with Gasteiger partial charge in [0.25, 0.3) is 5.91 Å². The number of hydrogen-bond donors (Lipinski definition) is 0. The molecular weight excluding hydrogens is 452 g/mol. The minimum absolute atomic E-state index is 0.0500. The molecule has 0 radical (unpaired) electrons. The van der Waals surface area contributed by atoms with Crippen molar-refractivity contribution in [3.05, 3.63) is 29.8 Å². The summed E-state index contributed by atoms with van der Waals surface area (Å²) in [5.74, 6) is -1.72. The standard InChI is InChI=1S/C22H30N2O8S/c1-3-30-21(26)17-4-6-19(7-5-17)33(28,29)24-10-8-18(9-11-24)22(27)32-15-20(25)23-12-13-31-16(2)14-23/h4-7,16,18H,3,8-15H2,1-2H3. The Morgan fingerprint density at radius 1 is 1.06 bits per heavy atom. The smallest absolute Gasteiger partial charge is 0.338 e. The summed E-state index contributed by atoms with van der Waals surface area (Å²) >= 11 is 0. The van der Waals surface area contributed by atoms with Crippen molar-refractivity contribution in [2.45, 2.75) is 37.7 Å². The number of sulfonamides is 1. The van der Waals surface area contributed by atoms with Crippen molar-refractivity contribution in [2.75, 3.05) is 46.0 Å². The number of carbonyl (C=O) groups is 3. The average Bonchev–Trinajstić information content (AvgIpc) is 2.82. The second kappa shape index (κ2) is 11.1. The van der Waals surface area contributed by atoms with Crippen molar-refractivity contribution in [1.29, 1.82) is 0 Å². The number of amides is 1. The fourth-order valence-electron chi connectivity index (χ4n) is 3.85. The summed E-state index contributed by atoms with van der Waals surface area (Å²) in [6.45, 7) is 5.20. The first-order valence-corrected chi connectivity index (χ1v) is 12.5. The predicted molar refractivity (Wildman–Crippen MR) is 117 cm³/mol. The molecule has 0 spiro atoms. The third-order valence-corrected chi connectivity index (χ3v) is 7.64. The number of esters is 2. The summed E-state index contributed by atoms with van der Waals surface area (Å²) in [7, 11) is -3.75. The minimum atomic E-state index is -3.75. The van der Waals surface area contributed by atoms with Gasteiger partial charge in [0.2, 0.25) is 10.0 Å². The molecule has 2 fully saturated rings. The molecule has 0 aromatic heterocycles. The largest absolute Gasteiger partial charge is 0.462 e. The van der Waals surface area contributed by atoms with Crippen molar-refractivity contribution in [1.82, 2.24) is 9.21 Å². The maximum atomic E-state index is 12.9. The van der Waals surface area contributed by atoms with Crippen molar-refractivity contribution >= 4 is 27.9 Å². The molecule has 182 valence electrons. The highest BCUT2D eigenvalue weighted by Gasteiger charge is 2.33. The van der Waals surface area contributed by atoms with Gasteiger partial charge in [-0.1, -0.05) is 0 Å². The molecule has 10 nitrogen and oxygen atoms in total. The number of benzene rings is 1. The lowest BCUT2D eigenvalue weighted by atomic mass is 9.98. The molecule has 11 heteroatoms. The Morgan fingerprint density at radius 2 is 1.73 bits per heavy atom. The number of nitrogens with zero attached hydrogens (tertiary/aromatic N) is 2. The highest BCUT2D eigenvalue weighted by molar-refractivity contribution is 7.89. The molecule has 0 aliphatic carbocycles. The van der Waals surface area contributed by atoms with Gasteiger partial charge in [0.05, 0.1) is 35.7 Å². The van der Waals surface area contributed by atoms with Crippen LogP contribution in [-0.2, 0) is 33.8 Å². The van der Waals surface area contributed by atoms with Crippen LogP contribution in [0.15, 0.2) is 29.2 Å². The molecule has 1 atom stereocenters. The lowest BCUT2D eigenvalue weighted by Crippen LogP contribution is -2.46. The molecule has 1 amide bonds. The molecule has 2 saturated heterocycles. The fourth-order valence-corrected chi connectivity index (χ4v) is 5.32. The Balaban J connectivity index is 1.49. The van der Waals surface area contributed by atoms with Gasteiger partial charge in [0, 0.05) is 26.2 Å². The number of ether oxygens (including phenoxy) is 3. The van der Waals surface area contributed by atoms with E-state index in [9.17, 15) is 22.8 Å². The van der Waals surface area contributed by atoms with Crippen molar-refractivity contribution in [3.8, 4) is 0 Å². The predicted octanol–water partition coefficient (Wildman–Crippen LogP) is 1.05. The van der Waals surface area contributed by atoms with Gasteiger partial charge in [-0.3, -0.25) is 9.59 Å². The molecule has 33 heavy (non-hydrogen) atoms. The van der Waals surface area contributed by atoms with E-state index in [1.54, 1.807) is 11.8 Å². The second-order valence-electron chi connectivity index (χ2n) is 8.05. The lowest BCUT2D eigenvalue weighted by Gasteiger charge is -2.32. The van der Waals surface area contributed by atoms with Crippen molar-refractivity contribution in [3.63, 3.8) is 0 Å². The first kappa shape index (κ1) is 25.1. The lowest BCUT2D eigenvalue weighted by molar-refractivity contribution is -0.158. The van der Waals surface area contributed by atoms with Gasteiger partial charge in [-0.25, -0.2) is 13.2 Å². The molecular formula is C22H30N2O8S. The normalized spacial score (nSPS) is 20.3. The molecule has 3 rings (SSSR count). The molecule has 2 heterocycles. The summed E-state index contributed by atoms with van der Waals surface area (Å²) in [4.78, 5) is 38.1. The Hall–Kier alpha value is -2.50. The summed E-state index contributed by atoms with van der Waals surface area (Å²) in [5, 5.41) is 0. The molecule has 2 aliphatic heterocycles. The summed E-state index contributed by atoms with van der Waals surface area (Å²) in [5.41, 5.74) is 0.276. The SMILES string of the molecule is CCOC(=O)c1ccc(S(=O)(=O)N2CCC(C(=O)OCC(=O)N3CCOC(C)C3)CC2)cc1. The van der Waals surface area contributed by atoms with Crippen LogP contribution < -0.4 is 0 Å². The van der Waals surface area contributed by atoms with Gasteiger partial charge in [-0.05, 0) is 51.0 Å². The maximum absolute atomic E-state index is 12.9. The van der Waals surface area contributed by atoms with Gasteiger partial charge in [-0.2, -0.15) is 4.31 Å². The summed E-state index contributed by atoms with van der Waals surface area (Å²) in [6, 6.07) is 5.59. The van der Waals surface area contributed by atoms with Gasteiger partial charge >= 0.3 is 11.9 Å². The second-order valence-corrected chi connectivity index (χ2v) is 9.99. The molecule has 0 bridgehead atoms. The monoisotopic (exact) mass is 482 g/mol. The van der Waals surface area contributed by atoms with E-state index < -0.39 is 27.9 Å². The maximum Gasteiger partial charge on any atom is 0.338 e. The number of morpholine rings is 1. The first-order valence-electron chi connectivity index (χ1n) is 11.1. The fraction of sp³-hybridized carbons (Fsp3) is 0.591. The topological polar surface area (TPSA) is 120 Å². The Morgan fingerprint density at radius 3 is 2.33 bits per heavy atom. The van der Waals surface area contributed by atoms with Crippen LogP contribution >= 0.6 is 0 Å². The molecule has 0 N–H and O–H groups in total. The summed E-state index contributed by atoms with van der Waals surface area (Å²) in [6.07, 6.45) is 0.565. The van der Waals surface area contributed by atoms with Gasteiger partial charge in [-0.15, -0.1) is 0 Å². The van der Waals surface area contributed by atoms with E-state index in [1.165, 1.54) is 28.6 Å². The van der Waals surface area contributed by atoms with Crippen LogP contribution in [0.25, 0.3) is 0 Å². The van der Waals surface area contributed by atoms with Gasteiger partial charge in [0.1, 0.15) is 0 Å². The average molecular weight is 483 g/mol. The number of rotatable bonds is 7. The van der Waals surface area contributed by atoms with Crippen molar-refractivity contribution < 1.29 is 37.0 Å². The Bertz CT molecular complexity index is 955. The molecule has 1 aromatic rings. The Labute approximate surface area is 193 Å². The van der Waals surface area contributed by atoms with Crippen LogP contribution in [0.5, 0.6) is 0 Å². The van der Waals surface area contributed by atoms with Gasteiger partial charge < -0.3 is 19.1 Å². The zero-order valence-electron chi connectivity index (χ0n) is 18.9. The molecule has 0 saturated carbocycles. The first-order chi connectivity index (χ1) is 15.7. The van der Waals surface area contributed by atoms with Crippen LogP contribution in [0.3, 0.4) is 0 Å². The minimum Gasteiger partial charge on any atom is -0.462 e. The van der Waals surface area contributed by atoms with E-state index in [0.717, 1.165) is 0 Å². The molecule has 1 unspecified atom stereocenters. The Kier molecular flexibility index (Phi) is 8.44. The van der Waals surface area contributed by atoms with Crippen molar-refractivity contribution in [2.24, 2.45) is 5.92 Å². The van der Waals surface area contributed by atoms with E-state index >= 15 is 0 Å².